The largest absolute Gasteiger partial charge is 0.507 e. The Morgan fingerprint density at radius 2 is 1.91 bits per heavy atom. The van der Waals surface area contributed by atoms with Gasteiger partial charge in [-0.05, 0) is 81.3 Å². The van der Waals surface area contributed by atoms with Crippen molar-refractivity contribution in [2.45, 2.75) is 65.2 Å². The van der Waals surface area contributed by atoms with E-state index in [1.54, 1.807) is 37.4 Å². The number of ether oxygens (including phenoxy) is 1. The number of phenolic OH excluding ortho intramolecular Hbond substituents is 2. The van der Waals surface area contributed by atoms with Crippen molar-refractivity contribution < 1.29 is 19.7 Å². The lowest BCUT2D eigenvalue weighted by molar-refractivity contribution is 0.102. The van der Waals surface area contributed by atoms with Crippen LogP contribution in [0.1, 0.15) is 80.3 Å². The first kappa shape index (κ1) is 25.4. The second-order valence-corrected chi connectivity index (χ2v) is 9.36. The highest BCUT2D eigenvalue weighted by atomic mass is 16.5. The van der Waals surface area contributed by atoms with E-state index in [0.717, 1.165) is 37.7 Å². The summed E-state index contributed by atoms with van der Waals surface area (Å²) in [4.78, 5) is 13.5. The number of phenols is 2. The topological polar surface area (TPSA) is 78.8 Å². The van der Waals surface area contributed by atoms with E-state index in [4.69, 9.17) is 4.74 Å². The van der Waals surface area contributed by atoms with Crippen LogP contribution in [0.15, 0.2) is 54.1 Å². The minimum atomic E-state index is -0.390. The minimum absolute atomic E-state index is 0.0344. The van der Waals surface area contributed by atoms with Gasteiger partial charge in [0.2, 0.25) is 0 Å². The summed E-state index contributed by atoms with van der Waals surface area (Å²) in [5.41, 5.74) is 4.11. The van der Waals surface area contributed by atoms with E-state index in [0.29, 0.717) is 29.0 Å². The maximum Gasteiger partial charge on any atom is 0.259 e. The molecule has 1 aliphatic carbocycles. The van der Waals surface area contributed by atoms with E-state index in [2.05, 4.69) is 31.8 Å². The predicted octanol–water partition coefficient (Wildman–Crippen LogP) is 7.11. The normalized spacial score (nSPS) is 17.7. The summed E-state index contributed by atoms with van der Waals surface area (Å²) in [6.07, 6.45) is 7.46. The van der Waals surface area contributed by atoms with Gasteiger partial charge in [-0.3, -0.25) is 4.79 Å². The number of allylic oxidation sites excluding steroid dienone is 3. The van der Waals surface area contributed by atoms with Crippen molar-refractivity contribution in [3.63, 3.8) is 0 Å². The highest BCUT2D eigenvalue weighted by molar-refractivity contribution is 6.07. The zero-order chi connectivity index (χ0) is 24.8. The van der Waals surface area contributed by atoms with E-state index < -0.39 is 0 Å². The number of unbranched alkanes of at least 4 members (excludes halogenated alkanes) is 2. The van der Waals surface area contributed by atoms with Crippen molar-refractivity contribution >= 4 is 11.6 Å². The Labute approximate surface area is 203 Å². The number of aromatic hydroxyl groups is 2. The van der Waals surface area contributed by atoms with Crippen LogP contribution >= 0.6 is 0 Å². The molecule has 0 radical (unpaired) electrons. The van der Waals surface area contributed by atoms with Crippen molar-refractivity contribution in [1.82, 2.24) is 0 Å². The fourth-order valence-electron chi connectivity index (χ4n) is 4.84. The lowest BCUT2D eigenvalue weighted by atomic mass is 9.73. The Morgan fingerprint density at radius 1 is 1.21 bits per heavy atom. The molecule has 0 aromatic heterocycles. The number of rotatable bonds is 9. The molecule has 1 unspecified atom stereocenters. The number of methoxy groups -OCH3 is 1. The van der Waals surface area contributed by atoms with E-state index >= 15 is 0 Å². The Bertz CT molecular complexity index is 1070. The number of hydrogen-bond acceptors (Lipinski definition) is 4. The maximum atomic E-state index is 13.5. The van der Waals surface area contributed by atoms with Crippen LogP contribution in [0.2, 0.25) is 0 Å². The standard InChI is InChI=1S/C29H37NO4/c1-6-7-8-9-20-17-25(31)27(24-16-19(4)10-15-23(24)18(2)3)28(32)26(20)29(33)30-21-11-13-22(34-5)14-12-21/h11-14,16-17,23-24,31-32H,2,6-10,15H2,1,3-5H3,(H,30,33)/t23-,24?/m0/s1. The van der Waals surface area contributed by atoms with Gasteiger partial charge in [0, 0.05) is 17.2 Å². The summed E-state index contributed by atoms with van der Waals surface area (Å²) >= 11 is 0. The molecule has 0 fully saturated rings. The zero-order valence-electron chi connectivity index (χ0n) is 20.8. The molecule has 0 heterocycles. The number of aryl methyl sites for hydroxylation is 1. The Hall–Kier alpha value is -3.21. The number of nitrogens with one attached hydrogen (secondary N) is 1. The second kappa shape index (κ2) is 11.3. The third kappa shape index (κ3) is 5.64. The van der Waals surface area contributed by atoms with Crippen molar-refractivity contribution in [2.75, 3.05) is 12.4 Å². The van der Waals surface area contributed by atoms with Gasteiger partial charge < -0.3 is 20.3 Å². The van der Waals surface area contributed by atoms with Gasteiger partial charge in [0.15, 0.2) is 0 Å². The van der Waals surface area contributed by atoms with E-state index in [-0.39, 0.29) is 34.8 Å². The van der Waals surface area contributed by atoms with Crippen LogP contribution in [0.25, 0.3) is 0 Å². The smallest absolute Gasteiger partial charge is 0.259 e. The highest BCUT2D eigenvalue weighted by Gasteiger charge is 2.33. The molecule has 3 N–H and O–H groups in total. The van der Waals surface area contributed by atoms with Crippen LogP contribution in [0.5, 0.6) is 17.2 Å². The monoisotopic (exact) mass is 463 g/mol. The van der Waals surface area contributed by atoms with Gasteiger partial charge in [0.1, 0.15) is 17.2 Å². The van der Waals surface area contributed by atoms with Gasteiger partial charge in [-0.25, -0.2) is 0 Å². The lowest BCUT2D eigenvalue weighted by Crippen LogP contribution is -2.20. The average molecular weight is 464 g/mol. The van der Waals surface area contributed by atoms with Crippen LogP contribution in [-0.4, -0.2) is 23.2 Å². The van der Waals surface area contributed by atoms with Crippen LogP contribution < -0.4 is 10.1 Å². The predicted molar refractivity (Wildman–Crippen MR) is 138 cm³/mol. The Balaban J connectivity index is 2.08. The first-order valence-corrected chi connectivity index (χ1v) is 12.1. The summed E-state index contributed by atoms with van der Waals surface area (Å²) < 4.78 is 5.19. The van der Waals surface area contributed by atoms with Crippen molar-refractivity contribution in [3.8, 4) is 17.2 Å². The summed E-state index contributed by atoms with van der Waals surface area (Å²) in [5.74, 6) is 0.0523. The molecule has 0 bridgehead atoms. The molecule has 0 spiro atoms. The number of carbonyl (C=O) groups is 1. The molecule has 2 atom stereocenters. The molecule has 1 aliphatic rings. The number of amides is 1. The summed E-state index contributed by atoms with van der Waals surface area (Å²) in [7, 11) is 1.59. The number of carbonyl (C=O) groups excluding carboxylic acids is 1. The van der Waals surface area contributed by atoms with Crippen LogP contribution in [0.3, 0.4) is 0 Å². The van der Waals surface area contributed by atoms with E-state index in [9.17, 15) is 15.0 Å². The fraction of sp³-hybridized carbons (Fsp3) is 0.414. The molecule has 2 aromatic carbocycles. The van der Waals surface area contributed by atoms with Gasteiger partial charge in [-0.2, -0.15) is 0 Å². The molecule has 0 saturated carbocycles. The number of benzene rings is 2. The van der Waals surface area contributed by atoms with E-state index in [1.807, 2.05) is 6.92 Å². The molecular formula is C29H37NO4. The minimum Gasteiger partial charge on any atom is -0.507 e. The highest BCUT2D eigenvalue weighted by Crippen LogP contribution is 2.48. The molecule has 5 nitrogen and oxygen atoms in total. The first-order chi connectivity index (χ1) is 16.3. The van der Waals surface area contributed by atoms with Crippen LogP contribution in [-0.2, 0) is 6.42 Å². The molecular weight excluding hydrogens is 426 g/mol. The second-order valence-electron chi connectivity index (χ2n) is 9.36. The molecule has 2 aromatic rings. The van der Waals surface area contributed by atoms with E-state index in [1.165, 1.54) is 5.57 Å². The van der Waals surface area contributed by atoms with Crippen LogP contribution in [0.4, 0.5) is 5.69 Å². The zero-order valence-corrected chi connectivity index (χ0v) is 20.8. The lowest BCUT2D eigenvalue weighted by Gasteiger charge is -2.32. The maximum absolute atomic E-state index is 13.5. The third-order valence-electron chi connectivity index (χ3n) is 6.74. The molecule has 5 heteroatoms. The molecule has 0 aliphatic heterocycles. The molecule has 34 heavy (non-hydrogen) atoms. The summed E-state index contributed by atoms with van der Waals surface area (Å²) in [6, 6.07) is 8.73. The molecule has 0 saturated heterocycles. The molecule has 182 valence electrons. The van der Waals surface area contributed by atoms with Gasteiger partial charge in [-0.1, -0.05) is 43.6 Å². The van der Waals surface area contributed by atoms with Crippen molar-refractivity contribution in [2.24, 2.45) is 5.92 Å². The van der Waals surface area contributed by atoms with Crippen molar-refractivity contribution in [3.05, 3.63) is 70.8 Å². The quantitative estimate of drug-likeness (QED) is 0.273. The average Bonchev–Trinajstić information content (AvgIpc) is 2.79. The van der Waals surface area contributed by atoms with Crippen LogP contribution in [0, 0.1) is 5.92 Å². The summed E-state index contributed by atoms with van der Waals surface area (Å²) in [5, 5.41) is 25.4. The van der Waals surface area contributed by atoms with Gasteiger partial charge >= 0.3 is 0 Å². The summed E-state index contributed by atoms with van der Waals surface area (Å²) in [6.45, 7) is 10.3. The van der Waals surface area contributed by atoms with Crippen molar-refractivity contribution in [1.29, 1.82) is 0 Å². The molecule has 1 amide bonds. The first-order valence-electron chi connectivity index (χ1n) is 12.1. The third-order valence-corrected chi connectivity index (χ3v) is 6.74. The van der Waals surface area contributed by atoms with Gasteiger partial charge in [-0.15, -0.1) is 0 Å². The SMILES string of the molecule is C=C(C)[C@@H]1CCC(C)=CC1c1c(O)cc(CCCCC)c(C(=O)Nc2ccc(OC)cc2)c1O. The number of anilines is 1. The molecule has 3 rings (SSSR count). The Kier molecular flexibility index (Phi) is 8.43. The van der Waals surface area contributed by atoms with Gasteiger partial charge in [0.25, 0.3) is 5.91 Å². The fourth-order valence-corrected chi connectivity index (χ4v) is 4.84. The van der Waals surface area contributed by atoms with Gasteiger partial charge in [0.05, 0.1) is 12.7 Å². The number of hydrogen-bond donors (Lipinski definition) is 3. The Morgan fingerprint density at radius 3 is 2.53 bits per heavy atom.